The summed E-state index contributed by atoms with van der Waals surface area (Å²) >= 11 is 0. The van der Waals surface area contributed by atoms with Crippen molar-refractivity contribution in [1.82, 2.24) is 19.4 Å². The number of amides is 1. The quantitative estimate of drug-likeness (QED) is 0.816. The lowest BCUT2D eigenvalue weighted by molar-refractivity contribution is -0.133. The third-order valence-corrected chi connectivity index (χ3v) is 6.32. The van der Waals surface area contributed by atoms with Crippen molar-refractivity contribution in [2.24, 2.45) is 0 Å². The number of hydrogen-bond donors (Lipinski definition) is 0. The van der Waals surface area contributed by atoms with Gasteiger partial charge in [-0.3, -0.25) is 14.5 Å². The fourth-order valence-electron chi connectivity index (χ4n) is 4.69. The molecule has 0 spiro atoms. The summed E-state index contributed by atoms with van der Waals surface area (Å²) in [7, 11) is 0. The topological polar surface area (TPSA) is 58.4 Å². The standard InChI is InChI=1S/C22H30N4O2/c1-17-22(28)26(20-10-6-5-9-19(20)23-17)12-11-21(27)25-15-13-24(14-16-25)18-7-3-2-4-8-18/h5-6,9-10,18H,2-4,7-8,11-16H2,1H3. The number of piperazine rings is 1. The number of rotatable bonds is 4. The van der Waals surface area contributed by atoms with Crippen LogP contribution in [0.1, 0.15) is 44.2 Å². The number of nitrogens with zero attached hydrogens (tertiary/aromatic N) is 4. The van der Waals surface area contributed by atoms with Crippen LogP contribution < -0.4 is 5.56 Å². The fourth-order valence-corrected chi connectivity index (χ4v) is 4.69. The van der Waals surface area contributed by atoms with E-state index >= 15 is 0 Å². The van der Waals surface area contributed by atoms with Gasteiger partial charge >= 0.3 is 0 Å². The van der Waals surface area contributed by atoms with Gasteiger partial charge in [-0.1, -0.05) is 31.4 Å². The second kappa shape index (κ2) is 8.43. The number of aryl methyl sites for hydroxylation is 2. The summed E-state index contributed by atoms with van der Waals surface area (Å²) in [6, 6.07) is 8.35. The van der Waals surface area contributed by atoms with Crippen LogP contribution in [0.3, 0.4) is 0 Å². The van der Waals surface area contributed by atoms with Crippen LogP contribution in [0.15, 0.2) is 29.1 Å². The Morgan fingerprint density at radius 3 is 2.54 bits per heavy atom. The molecule has 2 fully saturated rings. The highest BCUT2D eigenvalue weighted by molar-refractivity contribution is 5.77. The van der Waals surface area contributed by atoms with Crippen LogP contribution in [-0.2, 0) is 11.3 Å². The van der Waals surface area contributed by atoms with E-state index in [1.165, 1.54) is 32.1 Å². The predicted octanol–water partition coefficient (Wildman–Crippen LogP) is 2.57. The highest BCUT2D eigenvalue weighted by atomic mass is 16.2. The molecule has 2 aromatic rings. The minimum absolute atomic E-state index is 0.103. The van der Waals surface area contributed by atoms with Gasteiger partial charge in [-0.15, -0.1) is 0 Å². The van der Waals surface area contributed by atoms with E-state index in [0.29, 0.717) is 18.7 Å². The van der Waals surface area contributed by atoms with E-state index in [-0.39, 0.29) is 11.5 Å². The van der Waals surface area contributed by atoms with Gasteiger partial charge in [0.2, 0.25) is 5.91 Å². The Morgan fingerprint density at radius 1 is 1.07 bits per heavy atom. The van der Waals surface area contributed by atoms with E-state index in [4.69, 9.17) is 0 Å². The molecular weight excluding hydrogens is 352 g/mol. The van der Waals surface area contributed by atoms with Gasteiger partial charge in [-0.25, -0.2) is 4.98 Å². The van der Waals surface area contributed by atoms with Gasteiger partial charge in [0.05, 0.1) is 11.0 Å². The normalized spacial score (nSPS) is 19.2. The lowest BCUT2D eigenvalue weighted by atomic mass is 9.94. The van der Waals surface area contributed by atoms with Crippen LogP contribution in [0.5, 0.6) is 0 Å². The molecule has 0 radical (unpaired) electrons. The largest absolute Gasteiger partial charge is 0.340 e. The van der Waals surface area contributed by atoms with Crippen molar-refractivity contribution in [1.29, 1.82) is 0 Å². The summed E-state index contributed by atoms with van der Waals surface area (Å²) in [5, 5.41) is 0. The number of aromatic nitrogens is 2. The number of hydrogen-bond acceptors (Lipinski definition) is 4. The molecule has 4 rings (SSSR count). The molecule has 0 bridgehead atoms. The Kier molecular flexibility index (Phi) is 5.76. The van der Waals surface area contributed by atoms with Crippen LogP contribution in [0.4, 0.5) is 0 Å². The van der Waals surface area contributed by atoms with Gasteiger partial charge in [0.25, 0.3) is 5.56 Å². The molecule has 1 aromatic carbocycles. The molecule has 2 heterocycles. The van der Waals surface area contributed by atoms with Crippen molar-refractivity contribution in [3.8, 4) is 0 Å². The van der Waals surface area contributed by atoms with Crippen molar-refractivity contribution >= 4 is 16.9 Å². The van der Waals surface area contributed by atoms with E-state index < -0.39 is 0 Å². The van der Waals surface area contributed by atoms with E-state index in [1.807, 2.05) is 29.2 Å². The summed E-state index contributed by atoms with van der Waals surface area (Å²) in [5.41, 5.74) is 1.97. The Morgan fingerprint density at radius 2 is 1.79 bits per heavy atom. The van der Waals surface area contributed by atoms with Gasteiger partial charge in [0, 0.05) is 45.2 Å². The van der Waals surface area contributed by atoms with E-state index in [1.54, 1.807) is 11.5 Å². The van der Waals surface area contributed by atoms with Crippen molar-refractivity contribution in [3.05, 3.63) is 40.3 Å². The number of carbonyl (C=O) groups excluding carboxylic acids is 1. The number of benzene rings is 1. The van der Waals surface area contributed by atoms with Crippen molar-refractivity contribution < 1.29 is 4.79 Å². The molecule has 150 valence electrons. The Bertz CT molecular complexity index is 893. The fraction of sp³-hybridized carbons (Fsp3) is 0.591. The molecule has 0 unspecified atom stereocenters. The lowest BCUT2D eigenvalue weighted by Gasteiger charge is -2.40. The van der Waals surface area contributed by atoms with Crippen LogP contribution >= 0.6 is 0 Å². The molecule has 1 aliphatic heterocycles. The Labute approximate surface area is 166 Å². The summed E-state index contributed by atoms with van der Waals surface area (Å²) in [4.78, 5) is 34.2. The van der Waals surface area contributed by atoms with Gasteiger partial charge in [-0.2, -0.15) is 0 Å². The predicted molar refractivity (Wildman–Crippen MR) is 110 cm³/mol. The van der Waals surface area contributed by atoms with Crippen LogP contribution in [0.25, 0.3) is 11.0 Å². The van der Waals surface area contributed by atoms with E-state index in [9.17, 15) is 9.59 Å². The lowest BCUT2D eigenvalue weighted by Crippen LogP contribution is -2.52. The maximum absolute atomic E-state index is 12.8. The summed E-state index contributed by atoms with van der Waals surface area (Å²) in [6.45, 7) is 5.71. The number of carbonyl (C=O) groups is 1. The van der Waals surface area contributed by atoms with Gasteiger partial charge in [0.1, 0.15) is 5.69 Å². The molecule has 28 heavy (non-hydrogen) atoms. The van der Waals surface area contributed by atoms with E-state index in [2.05, 4.69) is 9.88 Å². The Hall–Kier alpha value is -2.21. The first-order chi connectivity index (χ1) is 13.6. The zero-order valence-corrected chi connectivity index (χ0v) is 16.8. The summed E-state index contributed by atoms with van der Waals surface area (Å²) < 4.78 is 1.70. The zero-order chi connectivity index (χ0) is 19.5. The van der Waals surface area contributed by atoms with Crippen LogP contribution in [0.2, 0.25) is 0 Å². The first-order valence-corrected chi connectivity index (χ1v) is 10.6. The third kappa shape index (κ3) is 3.97. The molecule has 0 atom stereocenters. The summed E-state index contributed by atoms with van der Waals surface area (Å²) in [5.74, 6) is 0.147. The number of fused-ring (bicyclic) bond motifs is 1. The molecule has 6 heteroatoms. The monoisotopic (exact) mass is 382 g/mol. The minimum Gasteiger partial charge on any atom is -0.340 e. The molecular formula is C22H30N4O2. The zero-order valence-electron chi connectivity index (χ0n) is 16.8. The van der Waals surface area contributed by atoms with Crippen LogP contribution in [-0.4, -0.2) is 57.5 Å². The smallest absolute Gasteiger partial charge is 0.272 e. The van der Waals surface area contributed by atoms with Gasteiger partial charge < -0.3 is 9.47 Å². The SMILES string of the molecule is Cc1nc2ccccc2n(CCC(=O)N2CCN(C3CCCCC3)CC2)c1=O. The first kappa shape index (κ1) is 19.1. The van der Waals surface area contributed by atoms with Crippen molar-refractivity contribution in [3.63, 3.8) is 0 Å². The maximum atomic E-state index is 12.8. The van der Waals surface area contributed by atoms with Crippen molar-refractivity contribution in [2.45, 2.75) is 58.0 Å². The van der Waals surface area contributed by atoms with E-state index in [0.717, 1.165) is 43.3 Å². The molecule has 2 aliphatic rings. The molecule has 1 amide bonds. The third-order valence-electron chi connectivity index (χ3n) is 6.32. The second-order valence-corrected chi connectivity index (χ2v) is 8.10. The van der Waals surface area contributed by atoms with Gasteiger partial charge in [0.15, 0.2) is 0 Å². The first-order valence-electron chi connectivity index (χ1n) is 10.6. The van der Waals surface area contributed by atoms with Crippen molar-refractivity contribution in [2.75, 3.05) is 26.2 Å². The molecule has 0 N–H and O–H groups in total. The molecule has 1 saturated carbocycles. The highest BCUT2D eigenvalue weighted by Gasteiger charge is 2.26. The molecule has 1 aliphatic carbocycles. The molecule has 6 nitrogen and oxygen atoms in total. The Balaban J connectivity index is 1.37. The van der Waals surface area contributed by atoms with Crippen LogP contribution in [0, 0.1) is 6.92 Å². The molecule has 1 saturated heterocycles. The summed E-state index contributed by atoms with van der Waals surface area (Å²) in [6.07, 6.45) is 7.04. The number of para-hydroxylation sites is 2. The highest BCUT2D eigenvalue weighted by Crippen LogP contribution is 2.23. The minimum atomic E-state index is -0.103. The molecule has 1 aromatic heterocycles. The average molecular weight is 383 g/mol. The second-order valence-electron chi connectivity index (χ2n) is 8.10. The average Bonchev–Trinajstić information content (AvgIpc) is 2.74. The maximum Gasteiger partial charge on any atom is 0.272 e. The van der Waals surface area contributed by atoms with Gasteiger partial charge in [-0.05, 0) is 31.9 Å².